The van der Waals surface area contributed by atoms with Crippen molar-refractivity contribution in [1.29, 1.82) is 0 Å². The summed E-state index contributed by atoms with van der Waals surface area (Å²) in [6.45, 7) is 5.35. The van der Waals surface area contributed by atoms with Crippen molar-refractivity contribution in [2.24, 2.45) is 11.8 Å². The molecule has 1 aliphatic rings. The van der Waals surface area contributed by atoms with Gasteiger partial charge in [-0.05, 0) is 31.7 Å². The number of rotatable bonds is 5. The summed E-state index contributed by atoms with van der Waals surface area (Å²) in [4.78, 5) is 11.2. The Kier molecular flexibility index (Phi) is 5.81. The fourth-order valence-corrected chi connectivity index (χ4v) is 2.40. The summed E-state index contributed by atoms with van der Waals surface area (Å²) < 4.78 is 0. The number of carbonyl (C=O) groups is 1. The number of aliphatic carboxylic acids is 1. The predicted molar refractivity (Wildman–Crippen MR) is 65.5 cm³/mol. The van der Waals surface area contributed by atoms with Crippen LogP contribution < -0.4 is 5.32 Å². The van der Waals surface area contributed by atoms with Crippen LogP contribution in [0.25, 0.3) is 0 Å². The standard InChI is InChI=1S/C13H25NO2/c1-10(2)8-9-14-12-7-5-3-4-6-11(12)13(15)16/h10-12,14H,3-9H2,1-2H3,(H,15,16). The van der Waals surface area contributed by atoms with Crippen molar-refractivity contribution in [1.82, 2.24) is 5.32 Å². The van der Waals surface area contributed by atoms with Gasteiger partial charge in [-0.15, -0.1) is 0 Å². The first-order valence-electron chi connectivity index (χ1n) is 6.57. The molecule has 0 spiro atoms. The molecular formula is C13H25NO2. The third-order valence-corrected chi connectivity index (χ3v) is 3.46. The van der Waals surface area contributed by atoms with Crippen LogP contribution in [0, 0.1) is 11.8 Å². The zero-order valence-corrected chi connectivity index (χ0v) is 10.5. The molecule has 0 amide bonds. The lowest BCUT2D eigenvalue weighted by molar-refractivity contribution is -0.143. The number of hydrogen-bond acceptors (Lipinski definition) is 2. The van der Waals surface area contributed by atoms with Crippen LogP contribution in [-0.2, 0) is 4.79 Å². The van der Waals surface area contributed by atoms with Gasteiger partial charge in [-0.25, -0.2) is 0 Å². The summed E-state index contributed by atoms with van der Waals surface area (Å²) in [5, 5.41) is 12.6. The van der Waals surface area contributed by atoms with Gasteiger partial charge in [0.05, 0.1) is 5.92 Å². The average molecular weight is 227 g/mol. The maximum Gasteiger partial charge on any atom is 0.308 e. The van der Waals surface area contributed by atoms with E-state index in [-0.39, 0.29) is 12.0 Å². The molecule has 1 rings (SSSR count). The fourth-order valence-electron chi connectivity index (χ4n) is 2.40. The molecule has 0 saturated heterocycles. The molecule has 2 atom stereocenters. The van der Waals surface area contributed by atoms with E-state index in [2.05, 4.69) is 19.2 Å². The third-order valence-electron chi connectivity index (χ3n) is 3.46. The van der Waals surface area contributed by atoms with E-state index in [0.717, 1.165) is 32.2 Å². The van der Waals surface area contributed by atoms with Crippen molar-refractivity contribution in [3.05, 3.63) is 0 Å². The Labute approximate surface area is 98.6 Å². The Hall–Kier alpha value is -0.570. The van der Waals surface area contributed by atoms with E-state index < -0.39 is 5.97 Å². The number of nitrogens with one attached hydrogen (secondary N) is 1. The lowest BCUT2D eigenvalue weighted by Crippen LogP contribution is -2.40. The minimum atomic E-state index is -0.621. The van der Waals surface area contributed by atoms with Gasteiger partial charge in [0.15, 0.2) is 0 Å². The van der Waals surface area contributed by atoms with E-state index in [1.807, 2.05) is 0 Å². The molecule has 0 heterocycles. The molecule has 16 heavy (non-hydrogen) atoms. The molecule has 0 aliphatic heterocycles. The Balaban J connectivity index is 2.41. The summed E-state index contributed by atoms with van der Waals surface area (Å²) in [5.41, 5.74) is 0. The first kappa shape index (κ1) is 13.5. The fraction of sp³-hybridized carbons (Fsp3) is 0.923. The second-order valence-electron chi connectivity index (χ2n) is 5.33. The first-order chi connectivity index (χ1) is 7.61. The van der Waals surface area contributed by atoms with E-state index in [9.17, 15) is 9.90 Å². The van der Waals surface area contributed by atoms with E-state index in [0.29, 0.717) is 5.92 Å². The molecule has 3 nitrogen and oxygen atoms in total. The minimum Gasteiger partial charge on any atom is -0.481 e. The summed E-state index contributed by atoms with van der Waals surface area (Å²) in [7, 11) is 0. The van der Waals surface area contributed by atoms with Crippen LogP contribution >= 0.6 is 0 Å². The van der Waals surface area contributed by atoms with Gasteiger partial charge in [-0.2, -0.15) is 0 Å². The molecule has 2 N–H and O–H groups in total. The second-order valence-corrected chi connectivity index (χ2v) is 5.33. The molecule has 1 fully saturated rings. The molecule has 1 aliphatic carbocycles. The molecule has 0 aromatic rings. The van der Waals surface area contributed by atoms with Gasteiger partial charge in [0.2, 0.25) is 0 Å². The van der Waals surface area contributed by atoms with Gasteiger partial charge < -0.3 is 10.4 Å². The number of carboxylic acids is 1. The normalized spacial score (nSPS) is 26.7. The van der Waals surface area contributed by atoms with Gasteiger partial charge in [-0.1, -0.05) is 33.1 Å². The molecule has 2 unspecified atom stereocenters. The van der Waals surface area contributed by atoms with Crippen molar-refractivity contribution >= 4 is 5.97 Å². The second kappa shape index (κ2) is 6.89. The highest BCUT2D eigenvalue weighted by Crippen LogP contribution is 2.23. The van der Waals surface area contributed by atoms with Crippen LogP contribution in [0.3, 0.4) is 0 Å². The van der Waals surface area contributed by atoms with Crippen LogP contribution in [0.4, 0.5) is 0 Å². The van der Waals surface area contributed by atoms with E-state index in [1.165, 1.54) is 12.8 Å². The number of carboxylic acid groups (broad SMARTS) is 1. The minimum absolute atomic E-state index is 0.172. The van der Waals surface area contributed by atoms with Gasteiger partial charge in [0, 0.05) is 6.04 Å². The van der Waals surface area contributed by atoms with Crippen molar-refractivity contribution in [2.75, 3.05) is 6.54 Å². The predicted octanol–water partition coefficient (Wildman–Crippen LogP) is 2.66. The summed E-state index contributed by atoms with van der Waals surface area (Å²) in [5.74, 6) is -0.111. The van der Waals surface area contributed by atoms with Gasteiger partial charge >= 0.3 is 5.97 Å². The highest BCUT2D eigenvalue weighted by atomic mass is 16.4. The third kappa shape index (κ3) is 4.52. The van der Waals surface area contributed by atoms with Gasteiger partial charge in [0.25, 0.3) is 0 Å². The van der Waals surface area contributed by atoms with Crippen LogP contribution in [0.5, 0.6) is 0 Å². The van der Waals surface area contributed by atoms with Crippen molar-refractivity contribution in [3.8, 4) is 0 Å². The van der Waals surface area contributed by atoms with E-state index >= 15 is 0 Å². The maximum atomic E-state index is 11.2. The zero-order chi connectivity index (χ0) is 12.0. The lowest BCUT2D eigenvalue weighted by atomic mass is 9.94. The van der Waals surface area contributed by atoms with Gasteiger partial charge in [-0.3, -0.25) is 4.79 Å². The van der Waals surface area contributed by atoms with E-state index in [4.69, 9.17) is 0 Å². The van der Waals surface area contributed by atoms with Crippen LogP contribution in [-0.4, -0.2) is 23.7 Å². The van der Waals surface area contributed by atoms with Crippen molar-refractivity contribution in [2.45, 2.75) is 58.4 Å². The average Bonchev–Trinajstić information content (AvgIpc) is 2.42. The molecule has 1 saturated carbocycles. The molecule has 3 heteroatoms. The Morgan fingerprint density at radius 2 is 2.00 bits per heavy atom. The summed E-state index contributed by atoms with van der Waals surface area (Å²) in [6.07, 6.45) is 6.42. The highest BCUT2D eigenvalue weighted by Gasteiger charge is 2.28. The quantitative estimate of drug-likeness (QED) is 0.710. The highest BCUT2D eigenvalue weighted by molar-refractivity contribution is 5.70. The van der Waals surface area contributed by atoms with E-state index in [1.54, 1.807) is 0 Å². The summed E-state index contributed by atoms with van der Waals surface area (Å²) >= 11 is 0. The van der Waals surface area contributed by atoms with Crippen LogP contribution in [0.1, 0.15) is 52.4 Å². The smallest absolute Gasteiger partial charge is 0.308 e. The van der Waals surface area contributed by atoms with Crippen molar-refractivity contribution in [3.63, 3.8) is 0 Å². The van der Waals surface area contributed by atoms with Crippen LogP contribution in [0.2, 0.25) is 0 Å². The molecule has 0 aromatic carbocycles. The largest absolute Gasteiger partial charge is 0.481 e. The van der Waals surface area contributed by atoms with Gasteiger partial charge in [0.1, 0.15) is 0 Å². The number of hydrogen-bond donors (Lipinski definition) is 2. The molecule has 94 valence electrons. The molecular weight excluding hydrogens is 202 g/mol. The Morgan fingerprint density at radius 3 is 2.62 bits per heavy atom. The topological polar surface area (TPSA) is 49.3 Å². The monoisotopic (exact) mass is 227 g/mol. The molecule has 0 aromatic heterocycles. The van der Waals surface area contributed by atoms with Crippen molar-refractivity contribution < 1.29 is 9.90 Å². The first-order valence-corrected chi connectivity index (χ1v) is 6.57. The molecule has 0 radical (unpaired) electrons. The Morgan fingerprint density at radius 1 is 1.31 bits per heavy atom. The summed E-state index contributed by atoms with van der Waals surface area (Å²) in [6, 6.07) is 0.193. The lowest BCUT2D eigenvalue weighted by Gasteiger charge is -2.23. The zero-order valence-electron chi connectivity index (χ0n) is 10.5. The molecule has 0 bridgehead atoms. The van der Waals surface area contributed by atoms with Crippen LogP contribution in [0.15, 0.2) is 0 Å². The maximum absolute atomic E-state index is 11.2. The SMILES string of the molecule is CC(C)CCNC1CCCCCC1C(=O)O. The Bertz CT molecular complexity index is 216.